The number of hydrogen-bond donors (Lipinski definition) is 1. The second-order valence-corrected chi connectivity index (χ2v) is 5.69. The van der Waals surface area contributed by atoms with Gasteiger partial charge in [-0.3, -0.25) is 0 Å². The van der Waals surface area contributed by atoms with Crippen molar-refractivity contribution in [2.75, 3.05) is 23.8 Å². The maximum Gasteiger partial charge on any atom is 0.166 e. The van der Waals surface area contributed by atoms with Crippen molar-refractivity contribution in [3.05, 3.63) is 18.3 Å². The van der Waals surface area contributed by atoms with Gasteiger partial charge in [0.05, 0.1) is 11.5 Å². The van der Waals surface area contributed by atoms with Gasteiger partial charge in [-0.25, -0.2) is 13.4 Å². The average molecular weight is 244 g/mol. The third-order valence-electron chi connectivity index (χ3n) is 1.97. The summed E-state index contributed by atoms with van der Waals surface area (Å²) < 4.78 is 28.0. The normalized spacial score (nSPS) is 11.3. The minimum Gasteiger partial charge on any atom is -0.489 e. The molecule has 1 heterocycles. The molecule has 0 saturated carbocycles. The first kappa shape index (κ1) is 12.8. The van der Waals surface area contributed by atoms with E-state index in [0.717, 1.165) is 0 Å². The van der Waals surface area contributed by atoms with Crippen molar-refractivity contribution in [2.24, 2.45) is 0 Å². The van der Waals surface area contributed by atoms with Crippen LogP contribution in [0.15, 0.2) is 18.3 Å². The molecular weight excluding hydrogens is 228 g/mol. The zero-order chi connectivity index (χ0) is 12.0. The zero-order valence-electron chi connectivity index (χ0n) is 9.22. The first-order chi connectivity index (χ1) is 7.55. The van der Waals surface area contributed by atoms with Crippen LogP contribution in [-0.2, 0) is 9.84 Å². The van der Waals surface area contributed by atoms with Gasteiger partial charge in [0.2, 0.25) is 0 Å². The Balaban J connectivity index is 2.45. The lowest BCUT2D eigenvalue weighted by molar-refractivity contribution is 0.341. The summed E-state index contributed by atoms with van der Waals surface area (Å²) >= 11 is 0. The second kappa shape index (κ2) is 5.69. The van der Waals surface area contributed by atoms with Crippen molar-refractivity contribution in [1.29, 1.82) is 0 Å². The van der Waals surface area contributed by atoms with Gasteiger partial charge in [0.1, 0.15) is 6.61 Å². The number of aromatic nitrogens is 1. The van der Waals surface area contributed by atoms with E-state index >= 15 is 0 Å². The van der Waals surface area contributed by atoms with Crippen LogP contribution in [0.1, 0.15) is 13.3 Å². The Bertz CT molecular complexity index is 431. The van der Waals surface area contributed by atoms with Gasteiger partial charge in [-0.05, 0) is 18.6 Å². The minimum absolute atomic E-state index is 0.00910. The van der Waals surface area contributed by atoms with Gasteiger partial charge in [-0.1, -0.05) is 6.92 Å². The van der Waals surface area contributed by atoms with E-state index in [0.29, 0.717) is 12.2 Å². The predicted molar refractivity (Wildman–Crippen MR) is 63.1 cm³/mol. The maximum absolute atomic E-state index is 11.4. The number of nitrogens with zero attached hydrogens (tertiary/aromatic N) is 1. The molecule has 16 heavy (non-hydrogen) atoms. The van der Waals surface area contributed by atoms with E-state index in [1.165, 1.54) is 0 Å². The first-order valence-corrected chi connectivity index (χ1v) is 6.91. The lowest BCUT2D eigenvalue weighted by Gasteiger charge is -2.07. The zero-order valence-corrected chi connectivity index (χ0v) is 10.0. The molecule has 1 aromatic heterocycles. The van der Waals surface area contributed by atoms with Gasteiger partial charge in [0.25, 0.3) is 0 Å². The van der Waals surface area contributed by atoms with E-state index in [4.69, 9.17) is 10.5 Å². The molecule has 0 bridgehead atoms. The smallest absolute Gasteiger partial charge is 0.166 e. The Kier molecular flexibility index (Phi) is 4.54. The van der Waals surface area contributed by atoms with Crippen molar-refractivity contribution in [3.8, 4) is 5.75 Å². The molecule has 0 fully saturated rings. The van der Waals surface area contributed by atoms with Crippen LogP contribution in [0.5, 0.6) is 5.75 Å². The average Bonchev–Trinajstić information content (AvgIpc) is 2.20. The highest BCUT2D eigenvalue weighted by Gasteiger charge is 2.09. The molecular formula is C10H16N2O3S. The molecule has 6 heteroatoms. The van der Waals surface area contributed by atoms with Crippen molar-refractivity contribution in [3.63, 3.8) is 0 Å². The predicted octanol–water partition coefficient (Wildman–Crippen LogP) is 0.867. The van der Waals surface area contributed by atoms with Gasteiger partial charge in [-0.15, -0.1) is 0 Å². The van der Waals surface area contributed by atoms with Crippen LogP contribution in [0.4, 0.5) is 5.82 Å². The van der Waals surface area contributed by atoms with Crippen LogP contribution < -0.4 is 10.5 Å². The number of sulfone groups is 1. The van der Waals surface area contributed by atoms with E-state index in [-0.39, 0.29) is 23.9 Å². The van der Waals surface area contributed by atoms with Crippen LogP contribution in [0.25, 0.3) is 0 Å². The summed E-state index contributed by atoms with van der Waals surface area (Å²) in [4.78, 5) is 3.83. The lowest BCUT2D eigenvalue weighted by Crippen LogP contribution is -2.17. The molecule has 0 unspecified atom stereocenters. The van der Waals surface area contributed by atoms with Crippen LogP contribution in [0.3, 0.4) is 0 Å². The molecule has 1 aromatic rings. The third kappa shape index (κ3) is 4.06. The lowest BCUT2D eigenvalue weighted by atomic mass is 10.4. The van der Waals surface area contributed by atoms with E-state index in [9.17, 15) is 8.42 Å². The van der Waals surface area contributed by atoms with Gasteiger partial charge in [0.15, 0.2) is 21.4 Å². The molecule has 0 radical (unpaired) electrons. The third-order valence-corrected chi connectivity index (χ3v) is 3.79. The molecule has 1 rings (SSSR count). The highest BCUT2D eigenvalue weighted by molar-refractivity contribution is 7.91. The minimum atomic E-state index is -3.00. The molecule has 0 aliphatic carbocycles. The summed E-state index contributed by atoms with van der Waals surface area (Å²) in [5, 5.41) is 0. The molecule has 0 spiro atoms. The number of ether oxygens (including phenoxy) is 1. The molecule has 0 aliphatic rings. The number of nitrogen functional groups attached to an aromatic ring is 1. The Hall–Kier alpha value is -1.30. The highest BCUT2D eigenvalue weighted by atomic mass is 32.2. The van der Waals surface area contributed by atoms with Crippen LogP contribution in [0, 0.1) is 0 Å². The highest BCUT2D eigenvalue weighted by Crippen LogP contribution is 2.16. The molecule has 2 N–H and O–H groups in total. The number of anilines is 1. The van der Waals surface area contributed by atoms with Crippen LogP contribution >= 0.6 is 0 Å². The Morgan fingerprint density at radius 3 is 2.81 bits per heavy atom. The van der Waals surface area contributed by atoms with E-state index in [2.05, 4.69) is 4.98 Å². The van der Waals surface area contributed by atoms with Gasteiger partial charge < -0.3 is 10.5 Å². The van der Waals surface area contributed by atoms with Crippen LogP contribution in [0.2, 0.25) is 0 Å². The Morgan fingerprint density at radius 2 is 2.19 bits per heavy atom. The molecule has 0 aromatic carbocycles. The van der Waals surface area contributed by atoms with E-state index < -0.39 is 9.84 Å². The number of pyridine rings is 1. The standard InChI is InChI=1S/C10H16N2O3S/c1-2-7-16(13,14)8-6-15-9-4-3-5-12-10(9)11/h3-5H,2,6-8H2,1H3,(H2,11,12). The van der Waals surface area contributed by atoms with Gasteiger partial charge >= 0.3 is 0 Å². The fraction of sp³-hybridized carbons (Fsp3) is 0.500. The topological polar surface area (TPSA) is 82.3 Å². The summed E-state index contributed by atoms with van der Waals surface area (Å²) in [6.07, 6.45) is 2.17. The first-order valence-electron chi connectivity index (χ1n) is 5.09. The maximum atomic E-state index is 11.4. The van der Waals surface area contributed by atoms with Crippen molar-refractivity contribution >= 4 is 15.7 Å². The molecule has 0 amide bonds. The molecule has 90 valence electrons. The largest absolute Gasteiger partial charge is 0.489 e. The van der Waals surface area contributed by atoms with Gasteiger partial charge in [0, 0.05) is 6.20 Å². The second-order valence-electron chi connectivity index (χ2n) is 3.39. The molecule has 5 nitrogen and oxygen atoms in total. The Labute approximate surface area is 95.6 Å². The van der Waals surface area contributed by atoms with Crippen molar-refractivity contribution < 1.29 is 13.2 Å². The summed E-state index contributed by atoms with van der Waals surface area (Å²) in [7, 11) is -3.00. The van der Waals surface area contributed by atoms with Crippen LogP contribution in [-0.4, -0.2) is 31.5 Å². The van der Waals surface area contributed by atoms with Crippen molar-refractivity contribution in [2.45, 2.75) is 13.3 Å². The summed E-state index contributed by atoms with van der Waals surface area (Å²) in [6.45, 7) is 1.94. The fourth-order valence-electron chi connectivity index (χ4n) is 1.22. The number of rotatable bonds is 6. The van der Waals surface area contributed by atoms with E-state index in [1.807, 2.05) is 6.92 Å². The summed E-state index contributed by atoms with van der Waals surface area (Å²) in [6, 6.07) is 3.35. The quantitative estimate of drug-likeness (QED) is 0.802. The monoisotopic (exact) mass is 244 g/mol. The van der Waals surface area contributed by atoms with Crippen molar-refractivity contribution in [1.82, 2.24) is 4.98 Å². The number of hydrogen-bond acceptors (Lipinski definition) is 5. The number of nitrogens with two attached hydrogens (primary N) is 1. The summed E-state index contributed by atoms with van der Waals surface area (Å²) in [5.41, 5.74) is 5.54. The van der Waals surface area contributed by atoms with E-state index in [1.54, 1.807) is 18.3 Å². The molecule has 0 saturated heterocycles. The molecule has 0 aliphatic heterocycles. The Morgan fingerprint density at radius 1 is 1.44 bits per heavy atom. The van der Waals surface area contributed by atoms with Gasteiger partial charge in [-0.2, -0.15) is 0 Å². The fourth-order valence-corrected chi connectivity index (χ4v) is 2.38. The SMILES string of the molecule is CCCS(=O)(=O)CCOc1cccnc1N. The molecule has 0 atom stereocenters. The summed E-state index contributed by atoms with van der Waals surface area (Å²) in [5.74, 6) is 0.901.